The monoisotopic (exact) mass is 739 g/mol. The van der Waals surface area contributed by atoms with Crippen molar-refractivity contribution in [2.75, 3.05) is 43.9 Å². The molecule has 1 aliphatic rings. The minimum Gasteiger partial charge on any atom is -0.378 e. The molecule has 0 bridgehead atoms. The number of aromatic nitrogens is 2. The number of ether oxygens (including phenoxy) is 1. The van der Waals surface area contributed by atoms with E-state index in [1.165, 1.54) is 12.2 Å². The molecule has 0 aliphatic carbocycles. The summed E-state index contributed by atoms with van der Waals surface area (Å²) in [6.07, 6.45) is 7.23. The summed E-state index contributed by atoms with van der Waals surface area (Å²) in [7, 11) is -4.62. The Balaban J connectivity index is 1.10. The number of fused-ring (bicyclic) bond motifs is 3. The van der Waals surface area contributed by atoms with E-state index in [0.717, 1.165) is 15.7 Å². The third-order valence-corrected chi connectivity index (χ3v) is 8.63. The molecule has 4 rings (SSSR count). The smallest absolute Gasteiger partial charge is 0.267 e. The van der Waals surface area contributed by atoms with Gasteiger partial charge in [-0.2, -0.15) is 8.42 Å². The highest BCUT2D eigenvalue weighted by molar-refractivity contribution is 7.85. The number of amides is 6. The molecule has 6 amide bonds. The molecule has 278 valence electrons. The largest absolute Gasteiger partial charge is 0.378 e. The van der Waals surface area contributed by atoms with Gasteiger partial charge in [0.25, 0.3) is 21.9 Å². The van der Waals surface area contributed by atoms with E-state index in [9.17, 15) is 41.7 Å². The van der Waals surface area contributed by atoms with Crippen molar-refractivity contribution < 1.29 is 46.5 Å². The van der Waals surface area contributed by atoms with Crippen molar-refractivity contribution in [2.45, 2.75) is 51.0 Å². The van der Waals surface area contributed by atoms with Crippen LogP contribution in [0.25, 0.3) is 21.8 Å². The lowest BCUT2D eigenvalue weighted by Crippen LogP contribution is -2.50. The number of nitrogens with one attached hydrogen (secondary N) is 4. The van der Waals surface area contributed by atoms with Gasteiger partial charge in [-0.15, -0.1) is 0 Å². The van der Waals surface area contributed by atoms with E-state index >= 15 is 0 Å². The summed E-state index contributed by atoms with van der Waals surface area (Å²) in [5.74, 6) is -3.78. The minimum atomic E-state index is -4.62. The van der Waals surface area contributed by atoms with Crippen LogP contribution < -0.4 is 21.3 Å². The highest BCUT2D eigenvalue weighted by Crippen LogP contribution is 2.29. The summed E-state index contributed by atoms with van der Waals surface area (Å²) in [5.41, 5.74) is 1.95. The molecule has 17 nitrogen and oxygen atoms in total. The molecule has 0 saturated heterocycles. The van der Waals surface area contributed by atoms with E-state index in [0.29, 0.717) is 36.0 Å². The number of imide groups is 1. The molecular formula is C34H41N7O10S. The van der Waals surface area contributed by atoms with Gasteiger partial charge in [0.2, 0.25) is 23.6 Å². The van der Waals surface area contributed by atoms with Gasteiger partial charge in [0.05, 0.1) is 36.5 Å². The second-order valence-electron chi connectivity index (χ2n) is 11.9. The Hall–Kier alpha value is -5.33. The van der Waals surface area contributed by atoms with Gasteiger partial charge in [-0.1, -0.05) is 6.07 Å². The average Bonchev–Trinajstić information content (AvgIpc) is 3.43. The molecule has 1 aliphatic heterocycles. The maximum atomic E-state index is 12.7. The van der Waals surface area contributed by atoms with Crippen LogP contribution in [0.4, 0.5) is 5.69 Å². The van der Waals surface area contributed by atoms with Crippen LogP contribution in [-0.2, 0) is 43.6 Å². The summed E-state index contributed by atoms with van der Waals surface area (Å²) in [6.45, 7) is 0.738. The number of hydrogen-bond donors (Lipinski definition) is 5. The Bertz CT molecular complexity index is 1920. The SMILES string of the molecule is O=C(CCCCNC(=O)C(CS(=O)(=O)O)NC(=O)CCCCC(=O)Nc1cc2cccnc2c2ncccc12)NCCOCCN1C(=O)C=CC1=O. The number of carbonyl (C=O) groups excluding carboxylic acids is 6. The fourth-order valence-corrected chi connectivity index (χ4v) is 5.99. The number of rotatable bonds is 21. The molecule has 5 N–H and O–H groups in total. The third-order valence-electron chi connectivity index (χ3n) is 7.88. The number of pyridine rings is 2. The van der Waals surface area contributed by atoms with Crippen LogP contribution >= 0.6 is 0 Å². The standard InChI is InChI=1S/C34H41N7O10S/c42-27(35-17-19-51-20-18-41-30(45)12-13-31(41)46)9-3-4-14-38-34(47)26(22-52(48,49)50)40-29(44)11-2-1-10-28(43)39-25-21-23-7-5-15-36-32(23)33-24(25)8-6-16-37-33/h5-8,12-13,15-16,21,26H,1-4,9-11,14,17-20,22H2,(H,35,42)(H,38,47)(H,39,43)(H,40,44)(H,48,49,50). The van der Waals surface area contributed by atoms with Gasteiger partial charge in [0.1, 0.15) is 11.8 Å². The first-order valence-electron chi connectivity index (χ1n) is 16.7. The summed E-state index contributed by atoms with van der Waals surface area (Å²) in [5, 5.41) is 12.0. The fourth-order valence-electron chi connectivity index (χ4n) is 5.33. The minimum absolute atomic E-state index is 0.0874. The van der Waals surface area contributed by atoms with Crippen LogP contribution in [0.3, 0.4) is 0 Å². The zero-order valence-electron chi connectivity index (χ0n) is 28.3. The first-order valence-corrected chi connectivity index (χ1v) is 18.3. The van der Waals surface area contributed by atoms with Crippen LogP contribution in [0.15, 0.2) is 54.9 Å². The Morgan fingerprint density at radius 2 is 1.46 bits per heavy atom. The van der Waals surface area contributed by atoms with Crippen molar-refractivity contribution in [3.63, 3.8) is 0 Å². The van der Waals surface area contributed by atoms with Crippen molar-refractivity contribution >= 4 is 73.1 Å². The summed E-state index contributed by atoms with van der Waals surface area (Å²) >= 11 is 0. The van der Waals surface area contributed by atoms with E-state index in [2.05, 4.69) is 31.2 Å². The van der Waals surface area contributed by atoms with Crippen molar-refractivity contribution in [1.82, 2.24) is 30.8 Å². The number of unbranched alkanes of at least 4 members (excludes halogenated alkanes) is 2. The zero-order valence-corrected chi connectivity index (χ0v) is 29.2. The molecular weight excluding hydrogens is 698 g/mol. The van der Waals surface area contributed by atoms with Gasteiger partial charge in [0.15, 0.2) is 0 Å². The normalized spacial score (nSPS) is 13.4. The van der Waals surface area contributed by atoms with E-state index in [-0.39, 0.29) is 70.3 Å². The molecule has 1 atom stereocenters. The van der Waals surface area contributed by atoms with Gasteiger partial charge in [-0.3, -0.25) is 48.2 Å². The van der Waals surface area contributed by atoms with Crippen molar-refractivity contribution in [1.29, 1.82) is 0 Å². The van der Waals surface area contributed by atoms with E-state index in [1.54, 1.807) is 24.5 Å². The number of hydrogen-bond acceptors (Lipinski definition) is 11. The summed E-state index contributed by atoms with van der Waals surface area (Å²) in [6, 6.07) is 7.54. The van der Waals surface area contributed by atoms with Crippen LogP contribution in [0, 0.1) is 0 Å². The maximum absolute atomic E-state index is 12.7. The van der Waals surface area contributed by atoms with Crippen LogP contribution in [0.5, 0.6) is 0 Å². The quantitative estimate of drug-likeness (QED) is 0.0445. The van der Waals surface area contributed by atoms with Crippen LogP contribution in [0.2, 0.25) is 0 Å². The predicted octanol–water partition coefficient (Wildman–Crippen LogP) is 0.999. The first kappa shape index (κ1) is 39.5. The van der Waals surface area contributed by atoms with E-state index < -0.39 is 45.5 Å². The fraction of sp³-hybridized carbons (Fsp3) is 0.412. The molecule has 3 heterocycles. The number of nitrogens with zero attached hydrogens (tertiary/aromatic N) is 3. The van der Waals surface area contributed by atoms with Crippen LogP contribution in [0.1, 0.15) is 44.9 Å². The highest BCUT2D eigenvalue weighted by atomic mass is 32.2. The highest BCUT2D eigenvalue weighted by Gasteiger charge is 2.26. The van der Waals surface area contributed by atoms with Gasteiger partial charge in [-0.05, 0) is 49.9 Å². The Morgan fingerprint density at radius 1 is 0.808 bits per heavy atom. The molecule has 2 aromatic heterocycles. The first-order chi connectivity index (χ1) is 24.9. The van der Waals surface area contributed by atoms with Gasteiger partial charge in [-0.25, -0.2) is 0 Å². The maximum Gasteiger partial charge on any atom is 0.267 e. The number of carbonyl (C=O) groups is 6. The van der Waals surface area contributed by atoms with Crippen LogP contribution in [-0.4, -0.2) is 108 Å². The Morgan fingerprint density at radius 3 is 2.19 bits per heavy atom. The second kappa shape index (κ2) is 19.3. The molecule has 0 saturated carbocycles. The average molecular weight is 740 g/mol. The Labute approximate surface area is 299 Å². The zero-order chi connectivity index (χ0) is 37.5. The molecule has 1 unspecified atom stereocenters. The van der Waals surface area contributed by atoms with Gasteiger partial charge < -0.3 is 26.0 Å². The summed E-state index contributed by atoms with van der Waals surface area (Å²) < 4.78 is 37.7. The van der Waals surface area contributed by atoms with Gasteiger partial charge in [0, 0.05) is 67.7 Å². The molecule has 0 radical (unpaired) electrons. The lowest BCUT2D eigenvalue weighted by atomic mass is 10.1. The second-order valence-corrected chi connectivity index (χ2v) is 13.4. The number of anilines is 1. The van der Waals surface area contributed by atoms with Crippen molar-refractivity contribution in [3.05, 3.63) is 54.9 Å². The predicted molar refractivity (Wildman–Crippen MR) is 189 cm³/mol. The lowest BCUT2D eigenvalue weighted by Gasteiger charge is -2.17. The molecule has 0 fully saturated rings. The Kier molecular flexibility index (Phi) is 14.7. The summed E-state index contributed by atoms with van der Waals surface area (Å²) in [4.78, 5) is 82.8. The molecule has 3 aromatic rings. The third kappa shape index (κ3) is 12.5. The molecule has 18 heteroatoms. The topological polar surface area (TPSA) is 243 Å². The van der Waals surface area contributed by atoms with Gasteiger partial charge >= 0.3 is 0 Å². The molecule has 0 spiro atoms. The van der Waals surface area contributed by atoms with E-state index in [4.69, 9.17) is 4.74 Å². The van der Waals surface area contributed by atoms with Crippen molar-refractivity contribution in [2.24, 2.45) is 0 Å². The number of benzene rings is 1. The lowest BCUT2D eigenvalue weighted by molar-refractivity contribution is -0.137. The van der Waals surface area contributed by atoms with Crippen molar-refractivity contribution in [3.8, 4) is 0 Å². The van der Waals surface area contributed by atoms with E-state index in [1.807, 2.05) is 18.2 Å². The molecule has 52 heavy (non-hydrogen) atoms. The molecule has 1 aromatic carbocycles.